The minimum Gasteiger partial charge on any atom is -0.356 e. The highest BCUT2D eigenvalue weighted by atomic mass is 32.2. The first-order valence-corrected chi connectivity index (χ1v) is 8.66. The molecule has 0 aromatic rings. The Kier molecular flexibility index (Phi) is 4.50. The quantitative estimate of drug-likeness (QED) is 0.443. The van der Waals surface area contributed by atoms with Crippen LogP contribution in [0.2, 0.25) is 0 Å². The van der Waals surface area contributed by atoms with Crippen molar-refractivity contribution in [2.45, 2.75) is 32.2 Å². The smallest absolute Gasteiger partial charge is 0.191 e. The number of aliphatic imine (C=N–C) groups is 1. The van der Waals surface area contributed by atoms with E-state index in [0.717, 1.165) is 18.0 Å². The Morgan fingerprint density at radius 3 is 2.63 bits per heavy atom. The van der Waals surface area contributed by atoms with Crippen LogP contribution >= 0.6 is 0 Å². The molecule has 0 amide bonds. The lowest BCUT2D eigenvalue weighted by Crippen LogP contribution is -2.41. The van der Waals surface area contributed by atoms with E-state index < -0.39 is 9.84 Å². The van der Waals surface area contributed by atoms with Gasteiger partial charge < -0.3 is 10.6 Å². The summed E-state index contributed by atoms with van der Waals surface area (Å²) >= 11 is 0. The fraction of sp³-hybridized carbons (Fsp3) is 0.769. The molecular weight excluding hydrogens is 262 g/mol. The molecule has 2 N–H and O–H groups in total. The zero-order chi connectivity index (χ0) is 13.9. The molecule has 1 aliphatic heterocycles. The molecule has 1 saturated carbocycles. The third-order valence-corrected chi connectivity index (χ3v) is 5.15. The Hall–Kier alpha value is -1.04. The largest absolute Gasteiger partial charge is 0.356 e. The van der Waals surface area contributed by atoms with E-state index in [1.165, 1.54) is 12.8 Å². The van der Waals surface area contributed by atoms with E-state index in [1.54, 1.807) is 0 Å². The molecule has 0 aromatic heterocycles. The zero-order valence-electron chi connectivity index (χ0n) is 11.5. The highest BCUT2D eigenvalue weighted by Crippen LogP contribution is 2.19. The van der Waals surface area contributed by atoms with Gasteiger partial charge in [0.25, 0.3) is 0 Å². The fourth-order valence-electron chi connectivity index (χ4n) is 2.06. The van der Waals surface area contributed by atoms with Gasteiger partial charge >= 0.3 is 0 Å². The number of guanidine groups is 1. The second kappa shape index (κ2) is 5.94. The second-order valence-electron chi connectivity index (χ2n) is 5.69. The van der Waals surface area contributed by atoms with Crippen molar-refractivity contribution in [2.24, 2.45) is 10.9 Å². The molecule has 108 valence electrons. The molecule has 19 heavy (non-hydrogen) atoms. The van der Waals surface area contributed by atoms with E-state index in [-0.39, 0.29) is 5.92 Å². The molecule has 5 nitrogen and oxygen atoms in total. The molecule has 6 heteroatoms. The van der Waals surface area contributed by atoms with E-state index in [9.17, 15) is 8.42 Å². The van der Waals surface area contributed by atoms with E-state index >= 15 is 0 Å². The summed E-state index contributed by atoms with van der Waals surface area (Å²) in [5.74, 6) is 1.63. The van der Waals surface area contributed by atoms with E-state index in [0.29, 0.717) is 30.6 Å². The summed E-state index contributed by atoms with van der Waals surface area (Å²) in [4.78, 5) is 4.45. The molecule has 0 radical (unpaired) electrons. The van der Waals surface area contributed by atoms with Gasteiger partial charge in [-0.2, -0.15) is 0 Å². The van der Waals surface area contributed by atoms with Crippen LogP contribution in [0.25, 0.3) is 0 Å². The number of nitrogens with zero attached hydrogens (tertiary/aromatic N) is 1. The van der Waals surface area contributed by atoms with Crippen molar-refractivity contribution < 1.29 is 8.42 Å². The van der Waals surface area contributed by atoms with Gasteiger partial charge in [0.15, 0.2) is 15.8 Å². The fourth-order valence-corrected chi connectivity index (χ4v) is 3.92. The Morgan fingerprint density at radius 1 is 1.37 bits per heavy atom. The molecule has 1 atom stereocenters. The maximum atomic E-state index is 11.4. The predicted molar refractivity (Wildman–Crippen MR) is 78.0 cm³/mol. The molecule has 2 rings (SSSR count). The summed E-state index contributed by atoms with van der Waals surface area (Å²) < 4.78 is 22.8. The molecule has 1 heterocycles. The van der Waals surface area contributed by atoms with Gasteiger partial charge in [0.05, 0.1) is 18.1 Å². The number of hydrogen-bond donors (Lipinski definition) is 2. The lowest BCUT2D eigenvalue weighted by atomic mass is 10.1. The first-order chi connectivity index (χ1) is 8.94. The van der Waals surface area contributed by atoms with E-state index in [2.05, 4.69) is 22.2 Å². The molecule has 0 aromatic carbocycles. The van der Waals surface area contributed by atoms with Gasteiger partial charge in [0.2, 0.25) is 0 Å². The van der Waals surface area contributed by atoms with Gasteiger partial charge in [0, 0.05) is 12.6 Å². The molecule has 0 spiro atoms. The van der Waals surface area contributed by atoms with Crippen LogP contribution in [0.1, 0.15) is 26.2 Å². The van der Waals surface area contributed by atoms with Crippen LogP contribution in [-0.2, 0) is 9.84 Å². The Labute approximate surface area is 115 Å². The molecule has 1 unspecified atom stereocenters. The summed E-state index contributed by atoms with van der Waals surface area (Å²) in [7, 11) is -2.79. The maximum Gasteiger partial charge on any atom is 0.191 e. The van der Waals surface area contributed by atoms with Gasteiger partial charge in [-0.1, -0.05) is 12.2 Å². The van der Waals surface area contributed by atoms with Crippen LogP contribution in [0.5, 0.6) is 0 Å². The third kappa shape index (κ3) is 5.22. The first kappa shape index (κ1) is 14.4. The lowest BCUT2D eigenvalue weighted by molar-refractivity contribution is 0.566. The van der Waals surface area contributed by atoms with Gasteiger partial charge in [0.1, 0.15) is 0 Å². The van der Waals surface area contributed by atoms with Crippen molar-refractivity contribution in [1.82, 2.24) is 10.6 Å². The van der Waals surface area contributed by atoms with Gasteiger partial charge in [-0.05, 0) is 32.1 Å². The SMILES string of the molecule is C=C(C)CN=C(NCC1CCS(=O)(=O)C1)NC1CC1. The monoisotopic (exact) mass is 285 g/mol. The normalized spacial score (nSPS) is 26.2. The maximum absolute atomic E-state index is 11.4. The van der Waals surface area contributed by atoms with Crippen molar-refractivity contribution >= 4 is 15.8 Å². The number of nitrogens with one attached hydrogen (secondary N) is 2. The van der Waals surface area contributed by atoms with Gasteiger partial charge in [-0.15, -0.1) is 0 Å². The number of rotatable bonds is 5. The summed E-state index contributed by atoms with van der Waals surface area (Å²) in [6.45, 7) is 7.06. The van der Waals surface area contributed by atoms with Crippen LogP contribution in [0.15, 0.2) is 17.1 Å². The number of hydrogen-bond acceptors (Lipinski definition) is 3. The molecular formula is C13H23N3O2S. The van der Waals surface area contributed by atoms with Crippen LogP contribution in [-0.4, -0.2) is 45.0 Å². The summed E-state index contributed by atoms with van der Waals surface area (Å²) in [5.41, 5.74) is 1.01. The molecule has 2 aliphatic rings. The van der Waals surface area contributed by atoms with Crippen LogP contribution in [0.3, 0.4) is 0 Å². The Balaban J connectivity index is 1.82. The highest BCUT2D eigenvalue weighted by Gasteiger charge is 2.28. The Morgan fingerprint density at radius 2 is 2.11 bits per heavy atom. The summed E-state index contributed by atoms with van der Waals surface area (Å²) in [5, 5.41) is 6.60. The average Bonchev–Trinajstić information content (AvgIpc) is 3.06. The Bertz CT molecular complexity index is 466. The summed E-state index contributed by atoms with van der Waals surface area (Å²) in [6.07, 6.45) is 3.13. The zero-order valence-corrected chi connectivity index (χ0v) is 12.3. The molecule has 2 fully saturated rings. The third-order valence-electron chi connectivity index (χ3n) is 3.31. The van der Waals surface area contributed by atoms with Gasteiger partial charge in [-0.25, -0.2) is 13.4 Å². The van der Waals surface area contributed by atoms with Crippen molar-refractivity contribution in [2.75, 3.05) is 24.6 Å². The van der Waals surface area contributed by atoms with Gasteiger partial charge in [-0.3, -0.25) is 0 Å². The van der Waals surface area contributed by atoms with E-state index in [4.69, 9.17) is 0 Å². The van der Waals surface area contributed by atoms with Crippen molar-refractivity contribution in [3.63, 3.8) is 0 Å². The average molecular weight is 285 g/mol. The van der Waals surface area contributed by atoms with E-state index in [1.807, 2.05) is 6.92 Å². The molecule has 1 aliphatic carbocycles. The summed E-state index contributed by atoms with van der Waals surface area (Å²) in [6, 6.07) is 0.531. The topological polar surface area (TPSA) is 70.6 Å². The lowest BCUT2D eigenvalue weighted by Gasteiger charge is -2.14. The minimum absolute atomic E-state index is 0.209. The van der Waals surface area contributed by atoms with Crippen LogP contribution < -0.4 is 10.6 Å². The standard InChI is InChI=1S/C13H23N3O2S/c1-10(2)7-14-13(16-12-3-4-12)15-8-11-5-6-19(17,18)9-11/h11-12H,1,3-9H2,2H3,(H2,14,15,16). The van der Waals surface area contributed by atoms with Crippen molar-refractivity contribution in [3.8, 4) is 0 Å². The first-order valence-electron chi connectivity index (χ1n) is 6.84. The molecule has 0 bridgehead atoms. The van der Waals surface area contributed by atoms with Crippen LogP contribution in [0, 0.1) is 5.92 Å². The predicted octanol–water partition coefficient (Wildman–Crippen LogP) is 0.695. The van der Waals surface area contributed by atoms with Crippen molar-refractivity contribution in [3.05, 3.63) is 12.2 Å². The highest BCUT2D eigenvalue weighted by molar-refractivity contribution is 7.91. The van der Waals surface area contributed by atoms with Crippen LogP contribution in [0.4, 0.5) is 0 Å². The number of sulfone groups is 1. The molecule has 1 saturated heterocycles. The second-order valence-corrected chi connectivity index (χ2v) is 7.92. The minimum atomic E-state index is -2.79. The van der Waals surface area contributed by atoms with Crippen molar-refractivity contribution in [1.29, 1.82) is 0 Å².